The SMILES string of the molecule is CN=C(NCCN(C)C(=O)OC(C)(C)C)NCc1ccc(OC)cc1.I. The van der Waals surface area contributed by atoms with E-state index in [1.807, 2.05) is 45.0 Å². The van der Waals surface area contributed by atoms with Crippen LogP contribution in [0, 0.1) is 0 Å². The molecule has 0 unspecified atom stereocenters. The molecular weight excluding hydrogens is 447 g/mol. The quantitative estimate of drug-likeness (QED) is 0.374. The van der Waals surface area contributed by atoms with E-state index >= 15 is 0 Å². The van der Waals surface area contributed by atoms with Gasteiger partial charge in [-0.2, -0.15) is 0 Å². The van der Waals surface area contributed by atoms with Crippen LogP contribution in [0.4, 0.5) is 4.79 Å². The van der Waals surface area contributed by atoms with E-state index in [0.29, 0.717) is 25.6 Å². The Morgan fingerprint density at radius 1 is 1.19 bits per heavy atom. The van der Waals surface area contributed by atoms with Crippen molar-refractivity contribution in [3.05, 3.63) is 29.8 Å². The molecule has 26 heavy (non-hydrogen) atoms. The fourth-order valence-electron chi connectivity index (χ4n) is 1.92. The number of halogens is 1. The van der Waals surface area contributed by atoms with Gasteiger partial charge in [-0.1, -0.05) is 12.1 Å². The number of amides is 1. The highest BCUT2D eigenvalue weighted by atomic mass is 127. The molecule has 1 amide bonds. The first-order chi connectivity index (χ1) is 11.7. The van der Waals surface area contributed by atoms with Crippen LogP contribution in [0.1, 0.15) is 26.3 Å². The minimum atomic E-state index is -0.491. The zero-order chi connectivity index (χ0) is 18.9. The Labute approximate surface area is 173 Å². The number of hydrogen-bond donors (Lipinski definition) is 2. The van der Waals surface area contributed by atoms with Gasteiger partial charge in [-0.3, -0.25) is 4.99 Å². The number of ether oxygens (including phenoxy) is 2. The molecular formula is C18H31IN4O3. The minimum absolute atomic E-state index is 0. The molecule has 148 valence electrons. The number of nitrogens with one attached hydrogen (secondary N) is 2. The summed E-state index contributed by atoms with van der Waals surface area (Å²) in [6, 6.07) is 7.83. The maximum Gasteiger partial charge on any atom is 0.410 e. The van der Waals surface area contributed by atoms with Crippen LogP contribution in [0.3, 0.4) is 0 Å². The summed E-state index contributed by atoms with van der Waals surface area (Å²) in [5.41, 5.74) is 0.629. The molecule has 1 aromatic carbocycles. The third-order valence-electron chi connectivity index (χ3n) is 3.29. The summed E-state index contributed by atoms with van der Waals surface area (Å²) >= 11 is 0. The monoisotopic (exact) mass is 478 g/mol. The minimum Gasteiger partial charge on any atom is -0.497 e. The van der Waals surface area contributed by atoms with Crippen LogP contribution in [0.2, 0.25) is 0 Å². The number of nitrogens with zero attached hydrogens (tertiary/aromatic N) is 2. The summed E-state index contributed by atoms with van der Waals surface area (Å²) < 4.78 is 10.5. The predicted molar refractivity (Wildman–Crippen MR) is 115 cm³/mol. The van der Waals surface area contributed by atoms with Crippen molar-refractivity contribution in [1.29, 1.82) is 0 Å². The molecule has 0 radical (unpaired) electrons. The second-order valence-corrected chi connectivity index (χ2v) is 6.60. The summed E-state index contributed by atoms with van der Waals surface area (Å²) in [6.07, 6.45) is -0.338. The smallest absolute Gasteiger partial charge is 0.410 e. The molecule has 0 saturated heterocycles. The van der Waals surface area contributed by atoms with Crippen LogP contribution in [0.15, 0.2) is 29.3 Å². The van der Waals surface area contributed by atoms with Gasteiger partial charge in [0, 0.05) is 33.7 Å². The number of benzene rings is 1. The number of aliphatic imine (C=N–C) groups is 1. The van der Waals surface area contributed by atoms with Gasteiger partial charge < -0.3 is 25.0 Å². The van der Waals surface area contributed by atoms with E-state index in [2.05, 4.69) is 15.6 Å². The molecule has 0 saturated carbocycles. The van der Waals surface area contributed by atoms with Crippen LogP contribution in [-0.4, -0.2) is 56.8 Å². The maximum absolute atomic E-state index is 11.9. The van der Waals surface area contributed by atoms with E-state index < -0.39 is 5.60 Å². The molecule has 2 N–H and O–H groups in total. The topological polar surface area (TPSA) is 75.2 Å². The van der Waals surface area contributed by atoms with Gasteiger partial charge in [0.2, 0.25) is 0 Å². The first-order valence-corrected chi connectivity index (χ1v) is 8.26. The molecule has 1 aromatic rings. The highest BCUT2D eigenvalue weighted by molar-refractivity contribution is 14.0. The highest BCUT2D eigenvalue weighted by Crippen LogP contribution is 2.11. The van der Waals surface area contributed by atoms with E-state index in [9.17, 15) is 4.79 Å². The van der Waals surface area contributed by atoms with Crippen molar-refractivity contribution in [2.75, 3.05) is 34.3 Å². The molecule has 1 rings (SSSR count). The van der Waals surface area contributed by atoms with Crippen molar-refractivity contribution >= 4 is 36.0 Å². The fraction of sp³-hybridized carbons (Fsp3) is 0.556. The van der Waals surface area contributed by atoms with Crippen LogP contribution in [-0.2, 0) is 11.3 Å². The van der Waals surface area contributed by atoms with Gasteiger partial charge in [0.25, 0.3) is 0 Å². The summed E-state index contributed by atoms with van der Waals surface area (Å²) in [6.45, 7) is 7.27. The molecule has 0 aliphatic carbocycles. The highest BCUT2D eigenvalue weighted by Gasteiger charge is 2.19. The summed E-state index contributed by atoms with van der Waals surface area (Å²) in [7, 11) is 5.07. The van der Waals surface area contributed by atoms with E-state index in [0.717, 1.165) is 11.3 Å². The Hall–Kier alpha value is -1.71. The van der Waals surface area contributed by atoms with Crippen molar-refractivity contribution in [3.8, 4) is 5.75 Å². The number of methoxy groups -OCH3 is 1. The number of guanidine groups is 1. The molecule has 0 bridgehead atoms. The molecule has 0 aromatic heterocycles. The molecule has 0 heterocycles. The van der Waals surface area contributed by atoms with Crippen molar-refractivity contribution in [2.24, 2.45) is 4.99 Å². The van der Waals surface area contributed by atoms with Crippen LogP contribution in [0.25, 0.3) is 0 Å². The number of likely N-dealkylation sites (N-methyl/N-ethyl adjacent to an activating group) is 1. The second kappa shape index (κ2) is 11.8. The van der Waals surface area contributed by atoms with Crippen molar-refractivity contribution in [1.82, 2.24) is 15.5 Å². The van der Waals surface area contributed by atoms with Crippen LogP contribution >= 0.6 is 24.0 Å². The standard InChI is InChI=1S/C18H30N4O3.HI/c1-18(2,3)25-17(23)22(5)12-11-20-16(19-4)21-13-14-7-9-15(24-6)10-8-14;/h7-10H,11-13H2,1-6H3,(H2,19,20,21);1H. The molecule has 0 aliphatic rings. The normalized spacial score (nSPS) is 11.2. The van der Waals surface area contributed by atoms with E-state index in [4.69, 9.17) is 9.47 Å². The van der Waals surface area contributed by atoms with Gasteiger partial charge in [-0.25, -0.2) is 4.79 Å². The average Bonchev–Trinajstić information content (AvgIpc) is 2.56. The average molecular weight is 478 g/mol. The lowest BCUT2D eigenvalue weighted by Crippen LogP contribution is -2.42. The van der Waals surface area contributed by atoms with Gasteiger partial charge in [-0.15, -0.1) is 24.0 Å². The molecule has 7 nitrogen and oxygen atoms in total. The Morgan fingerprint density at radius 3 is 2.31 bits per heavy atom. The largest absolute Gasteiger partial charge is 0.497 e. The number of carbonyl (C=O) groups is 1. The molecule has 0 aliphatic heterocycles. The Balaban J connectivity index is 0.00000625. The van der Waals surface area contributed by atoms with Crippen LogP contribution in [0.5, 0.6) is 5.75 Å². The van der Waals surface area contributed by atoms with E-state index in [1.54, 1.807) is 21.2 Å². The fourth-order valence-corrected chi connectivity index (χ4v) is 1.92. The molecule has 0 spiro atoms. The summed E-state index contributed by atoms with van der Waals surface area (Å²) in [5, 5.41) is 6.40. The van der Waals surface area contributed by atoms with Crippen molar-refractivity contribution in [2.45, 2.75) is 32.9 Å². The molecule has 8 heteroatoms. The lowest BCUT2D eigenvalue weighted by Gasteiger charge is -2.24. The van der Waals surface area contributed by atoms with Crippen molar-refractivity contribution in [3.63, 3.8) is 0 Å². The second-order valence-electron chi connectivity index (χ2n) is 6.60. The van der Waals surface area contributed by atoms with Gasteiger partial charge in [0.15, 0.2) is 5.96 Å². The maximum atomic E-state index is 11.9. The Bertz CT molecular complexity index is 571. The van der Waals surface area contributed by atoms with E-state index in [-0.39, 0.29) is 30.1 Å². The first-order valence-electron chi connectivity index (χ1n) is 8.26. The summed E-state index contributed by atoms with van der Waals surface area (Å²) in [4.78, 5) is 17.6. The van der Waals surface area contributed by atoms with Gasteiger partial charge >= 0.3 is 6.09 Å². The lowest BCUT2D eigenvalue weighted by molar-refractivity contribution is 0.0302. The Kier molecular flexibility index (Phi) is 11.0. The summed E-state index contributed by atoms with van der Waals surface area (Å²) in [5.74, 6) is 1.50. The number of hydrogen-bond acceptors (Lipinski definition) is 4. The molecule has 0 fully saturated rings. The van der Waals surface area contributed by atoms with Gasteiger partial charge in [0.05, 0.1) is 7.11 Å². The zero-order valence-corrected chi connectivity index (χ0v) is 18.8. The van der Waals surface area contributed by atoms with Gasteiger partial charge in [-0.05, 0) is 38.5 Å². The van der Waals surface area contributed by atoms with E-state index in [1.165, 1.54) is 4.90 Å². The number of rotatable bonds is 6. The van der Waals surface area contributed by atoms with Crippen LogP contribution < -0.4 is 15.4 Å². The van der Waals surface area contributed by atoms with Crippen molar-refractivity contribution < 1.29 is 14.3 Å². The Morgan fingerprint density at radius 2 is 1.81 bits per heavy atom. The lowest BCUT2D eigenvalue weighted by atomic mass is 10.2. The zero-order valence-electron chi connectivity index (χ0n) is 16.5. The first kappa shape index (κ1) is 24.3. The third kappa shape index (κ3) is 9.69. The third-order valence-corrected chi connectivity index (χ3v) is 3.29. The predicted octanol–water partition coefficient (Wildman–Crippen LogP) is 2.85. The van der Waals surface area contributed by atoms with Gasteiger partial charge in [0.1, 0.15) is 11.4 Å². The molecule has 0 atom stereocenters. The number of carbonyl (C=O) groups excluding carboxylic acids is 1.